The Bertz CT molecular complexity index is 293. The van der Waals surface area contributed by atoms with Gasteiger partial charge in [-0.05, 0) is 26.0 Å². The summed E-state index contributed by atoms with van der Waals surface area (Å²) in [6.07, 6.45) is 0. The second-order valence-electron chi connectivity index (χ2n) is 4.10. The molecule has 0 bridgehead atoms. The van der Waals surface area contributed by atoms with Gasteiger partial charge in [-0.1, -0.05) is 30.3 Å². The summed E-state index contributed by atoms with van der Waals surface area (Å²) in [6, 6.07) is 9.55. The van der Waals surface area contributed by atoms with Crippen LogP contribution in [0.25, 0.3) is 0 Å². The first-order valence-electron chi connectivity index (χ1n) is 4.45. The van der Waals surface area contributed by atoms with E-state index in [1.165, 1.54) is 0 Å². The van der Waals surface area contributed by atoms with E-state index in [-0.39, 0.29) is 5.60 Å². The highest BCUT2D eigenvalue weighted by molar-refractivity contribution is 7.48. The van der Waals surface area contributed by atoms with Crippen molar-refractivity contribution in [2.45, 2.75) is 26.4 Å². The van der Waals surface area contributed by atoms with Crippen LogP contribution in [0.3, 0.4) is 0 Å². The first kappa shape index (κ1) is 12.0. The normalized spacial score (nSPS) is 12.9. The van der Waals surface area contributed by atoms with Gasteiger partial charge in [-0.3, -0.25) is 0 Å². The van der Waals surface area contributed by atoms with E-state index in [1.54, 1.807) is 0 Å². The Morgan fingerprint density at radius 3 is 2.00 bits per heavy atom. The molecule has 0 N–H and O–H groups in total. The Labute approximate surface area is 95.5 Å². The summed E-state index contributed by atoms with van der Waals surface area (Å²) in [7, 11) is 0. The van der Waals surface area contributed by atoms with Gasteiger partial charge in [0.05, 0.1) is 5.60 Å². The fourth-order valence-electron chi connectivity index (χ4n) is 1.08. The van der Waals surface area contributed by atoms with Crippen LogP contribution >= 0.6 is 22.2 Å². The van der Waals surface area contributed by atoms with E-state index in [0.29, 0.717) is 0 Å². The molecule has 0 amide bonds. The summed E-state index contributed by atoms with van der Waals surface area (Å²) in [5.41, 5.74) is -0.314. The van der Waals surface area contributed by atoms with Crippen LogP contribution in [0.5, 0.6) is 0 Å². The molecule has 0 aliphatic heterocycles. The van der Waals surface area contributed by atoms with Crippen LogP contribution in [0.1, 0.15) is 20.8 Å². The lowest BCUT2D eigenvalue weighted by Gasteiger charge is -2.28. The third-order valence-corrected chi connectivity index (χ3v) is 5.19. The zero-order chi connectivity index (χ0) is 10.8. The lowest BCUT2D eigenvalue weighted by molar-refractivity contribution is 0.135. The molecule has 1 aromatic rings. The molecule has 0 heterocycles. The smallest absolute Gasteiger partial charge is 0.384 e. The van der Waals surface area contributed by atoms with Gasteiger partial charge in [0.15, 0.2) is 0 Å². The van der Waals surface area contributed by atoms with E-state index in [4.69, 9.17) is 26.6 Å². The monoisotopic (exact) mass is 248 g/mol. The summed E-state index contributed by atoms with van der Waals surface area (Å²) >= 11 is 12.5. The maximum atomic E-state index is 6.23. The molecule has 14 heavy (non-hydrogen) atoms. The maximum absolute atomic E-state index is 6.23. The summed E-state index contributed by atoms with van der Waals surface area (Å²) in [5.74, 6) is 0. The van der Waals surface area contributed by atoms with E-state index >= 15 is 0 Å². The molecule has 0 spiro atoms. The molecule has 0 aliphatic carbocycles. The molecule has 0 fully saturated rings. The highest BCUT2D eigenvalue weighted by Crippen LogP contribution is 2.23. The Morgan fingerprint density at radius 2 is 1.57 bits per heavy atom. The standard InChI is InChI=1S/C10H14Cl2OSi/c1-10(2,3)13-14(11,12)9-7-5-4-6-8-9/h4-8H,1-3H3. The molecule has 0 saturated heterocycles. The Kier molecular flexibility index (Phi) is 3.64. The van der Waals surface area contributed by atoms with Crippen LogP contribution in [0.4, 0.5) is 0 Å². The molecule has 1 rings (SSSR count). The van der Waals surface area contributed by atoms with Gasteiger partial charge in [0, 0.05) is 0 Å². The fourth-order valence-corrected chi connectivity index (χ4v) is 4.69. The molecular weight excluding hydrogens is 235 g/mol. The minimum absolute atomic E-state index is 0.314. The minimum atomic E-state index is -2.77. The van der Waals surface area contributed by atoms with Crippen molar-refractivity contribution in [2.24, 2.45) is 0 Å². The zero-order valence-electron chi connectivity index (χ0n) is 8.55. The molecule has 4 heteroatoms. The number of hydrogen-bond donors (Lipinski definition) is 0. The quantitative estimate of drug-likeness (QED) is 0.578. The second-order valence-corrected chi connectivity index (χ2v) is 9.69. The molecule has 0 unspecified atom stereocenters. The van der Waals surface area contributed by atoms with E-state index in [9.17, 15) is 0 Å². The van der Waals surface area contributed by atoms with Crippen LogP contribution in [0.2, 0.25) is 0 Å². The topological polar surface area (TPSA) is 9.23 Å². The van der Waals surface area contributed by atoms with Gasteiger partial charge in [0.1, 0.15) is 0 Å². The van der Waals surface area contributed by atoms with Crippen LogP contribution in [-0.2, 0) is 4.43 Å². The molecule has 0 aliphatic rings. The summed E-state index contributed by atoms with van der Waals surface area (Å²) in [5, 5.41) is 0.887. The zero-order valence-corrected chi connectivity index (χ0v) is 11.1. The molecule has 1 aromatic carbocycles. The molecular formula is C10H14Cl2OSi. The van der Waals surface area contributed by atoms with Crippen molar-refractivity contribution in [3.8, 4) is 0 Å². The summed E-state index contributed by atoms with van der Waals surface area (Å²) in [4.78, 5) is 0. The third kappa shape index (κ3) is 3.62. The maximum Gasteiger partial charge on any atom is 0.424 e. The van der Waals surface area contributed by atoms with Gasteiger partial charge in [0.25, 0.3) is 0 Å². The first-order valence-corrected chi connectivity index (χ1v) is 8.38. The van der Waals surface area contributed by atoms with E-state index < -0.39 is 6.94 Å². The lowest BCUT2D eigenvalue weighted by atomic mass is 10.2. The first-order chi connectivity index (χ1) is 6.31. The summed E-state index contributed by atoms with van der Waals surface area (Å²) < 4.78 is 5.68. The van der Waals surface area contributed by atoms with Gasteiger partial charge in [-0.15, -0.1) is 22.2 Å². The Hall–Kier alpha value is -0.0231. The molecule has 0 atom stereocenters. The van der Waals surface area contributed by atoms with E-state index in [1.807, 2.05) is 51.1 Å². The predicted octanol–water partition coefficient (Wildman–Crippen LogP) is 3.13. The van der Waals surface area contributed by atoms with Gasteiger partial charge >= 0.3 is 6.94 Å². The SMILES string of the molecule is CC(C)(C)O[Si](Cl)(Cl)c1ccccc1. The largest absolute Gasteiger partial charge is 0.424 e. The van der Waals surface area contributed by atoms with Crippen molar-refractivity contribution in [3.63, 3.8) is 0 Å². The Balaban J connectivity index is 2.86. The highest BCUT2D eigenvalue weighted by atomic mass is 35.7. The third-order valence-electron chi connectivity index (χ3n) is 1.54. The van der Waals surface area contributed by atoms with Gasteiger partial charge in [-0.25, -0.2) is 0 Å². The number of halogens is 2. The van der Waals surface area contributed by atoms with Crippen molar-refractivity contribution >= 4 is 34.3 Å². The van der Waals surface area contributed by atoms with Crippen molar-refractivity contribution in [2.75, 3.05) is 0 Å². The van der Waals surface area contributed by atoms with Crippen LogP contribution in [-0.4, -0.2) is 12.5 Å². The lowest BCUT2D eigenvalue weighted by Crippen LogP contribution is -2.45. The number of benzene rings is 1. The molecule has 0 radical (unpaired) electrons. The number of rotatable bonds is 2. The van der Waals surface area contributed by atoms with Crippen LogP contribution in [0.15, 0.2) is 30.3 Å². The average molecular weight is 249 g/mol. The van der Waals surface area contributed by atoms with E-state index in [2.05, 4.69) is 0 Å². The van der Waals surface area contributed by atoms with Gasteiger partial charge in [-0.2, -0.15) is 0 Å². The van der Waals surface area contributed by atoms with Crippen LogP contribution < -0.4 is 5.19 Å². The fraction of sp³-hybridized carbons (Fsp3) is 0.400. The average Bonchev–Trinajstić information content (AvgIpc) is 2.01. The molecule has 78 valence electrons. The van der Waals surface area contributed by atoms with Gasteiger partial charge in [0.2, 0.25) is 0 Å². The van der Waals surface area contributed by atoms with E-state index in [0.717, 1.165) is 5.19 Å². The minimum Gasteiger partial charge on any atom is -0.384 e. The predicted molar refractivity (Wildman–Crippen MR) is 64.4 cm³/mol. The molecule has 1 nitrogen and oxygen atoms in total. The summed E-state index contributed by atoms with van der Waals surface area (Å²) in [6.45, 7) is 3.07. The number of hydrogen-bond acceptors (Lipinski definition) is 1. The molecule has 0 saturated carbocycles. The van der Waals surface area contributed by atoms with Crippen molar-refractivity contribution < 1.29 is 4.43 Å². The van der Waals surface area contributed by atoms with Crippen molar-refractivity contribution in [1.29, 1.82) is 0 Å². The van der Waals surface area contributed by atoms with Crippen molar-refractivity contribution in [1.82, 2.24) is 0 Å². The second kappa shape index (κ2) is 4.23. The van der Waals surface area contributed by atoms with Crippen molar-refractivity contribution in [3.05, 3.63) is 30.3 Å². The Morgan fingerprint density at radius 1 is 1.07 bits per heavy atom. The highest BCUT2D eigenvalue weighted by Gasteiger charge is 2.37. The molecule has 0 aromatic heterocycles. The van der Waals surface area contributed by atoms with Gasteiger partial charge < -0.3 is 4.43 Å². The van der Waals surface area contributed by atoms with Crippen LogP contribution in [0, 0.1) is 0 Å².